The molecular formula is C9H17N3O. The molecule has 1 aliphatic heterocycles. The molecule has 0 aromatic rings. The van der Waals surface area contributed by atoms with Gasteiger partial charge in [0.15, 0.2) is 0 Å². The van der Waals surface area contributed by atoms with Gasteiger partial charge < -0.3 is 10.1 Å². The van der Waals surface area contributed by atoms with Crippen molar-refractivity contribution in [3.63, 3.8) is 0 Å². The molecule has 0 unspecified atom stereocenters. The Hall–Kier alpha value is -0.870. The Morgan fingerprint density at radius 1 is 1.62 bits per heavy atom. The molecule has 1 rings (SSSR count). The fraction of sp³-hybridized carbons (Fsp3) is 0.667. The Balaban J connectivity index is 2.35. The van der Waals surface area contributed by atoms with Crippen LogP contribution in [-0.4, -0.2) is 50.6 Å². The van der Waals surface area contributed by atoms with E-state index in [1.807, 2.05) is 0 Å². The van der Waals surface area contributed by atoms with Gasteiger partial charge in [0, 0.05) is 32.4 Å². The zero-order valence-electron chi connectivity index (χ0n) is 8.12. The predicted molar refractivity (Wildman–Crippen MR) is 54.0 cm³/mol. The summed E-state index contributed by atoms with van der Waals surface area (Å²) in [5.41, 5.74) is 0. The van der Waals surface area contributed by atoms with Crippen molar-refractivity contribution in [3.05, 3.63) is 12.8 Å². The first-order chi connectivity index (χ1) is 6.36. The highest BCUT2D eigenvalue weighted by atomic mass is 16.5. The lowest BCUT2D eigenvalue weighted by molar-refractivity contribution is 0.251. The van der Waals surface area contributed by atoms with E-state index in [0.717, 1.165) is 38.6 Å². The summed E-state index contributed by atoms with van der Waals surface area (Å²) in [6, 6.07) is 0. The van der Waals surface area contributed by atoms with Crippen LogP contribution < -0.4 is 5.32 Å². The molecule has 1 heterocycles. The number of methoxy groups -OCH3 is 1. The number of hydrogen-bond acceptors (Lipinski definition) is 4. The molecule has 1 aliphatic rings. The van der Waals surface area contributed by atoms with Crippen LogP contribution in [0.5, 0.6) is 0 Å². The summed E-state index contributed by atoms with van der Waals surface area (Å²) < 4.78 is 5.11. The number of piperazine rings is 1. The number of ether oxygens (including phenoxy) is 1. The Labute approximate surface area is 79.3 Å². The summed E-state index contributed by atoms with van der Waals surface area (Å²) in [4.78, 5) is 6.34. The van der Waals surface area contributed by atoms with E-state index in [0.29, 0.717) is 0 Å². The van der Waals surface area contributed by atoms with Crippen molar-refractivity contribution in [2.45, 2.75) is 0 Å². The van der Waals surface area contributed by atoms with Crippen LogP contribution in [0.15, 0.2) is 17.8 Å². The molecule has 4 nitrogen and oxygen atoms in total. The number of hydrogen-bond donors (Lipinski definition) is 1. The van der Waals surface area contributed by atoms with E-state index >= 15 is 0 Å². The first-order valence-electron chi connectivity index (χ1n) is 4.51. The lowest BCUT2D eigenvalue weighted by Crippen LogP contribution is -2.45. The molecule has 0 aromatic heterocycles. The van der Waals surface area contributed by atoms with Gasteiger partial charge in [0.1, 0.15) is 0 Å². The topological polar surface area (TPSA) is 36.9 Å². The van der Waals surface area contributed by atoms with Crippen molar-refractivity contribution in [2.75, 3.05) is 39.8 Å². The third-order valence-electron chi connectivity index (χ3n) is 2.04. The van der Waals surface area contributed by atoms with Crippen LogP contribution in [0.2, 0.25) is 0 Å². The van der Waals surface area contributed by atoms with Gasteiger partial charge >= 0.3 is 0 Å². The molecule has 74 valence electrons. The second kappa shape index (κ2) is 5.72. The number of nitrogens with zero attached hydrogens (tertiary/aromatic N) is 2. The molecule has 1 saturated heterocycles. The zero-order chi connectivity index (χ0) is 9.52. The van der Waals surface area contributed by atoms with E-state index in [1.54, 1.807) is 7.11 Å². The van der Waals surface area contributed by atoms with Crippen LogP contribution in [0.4, 0.5) is 0 Å². The summed E-state index contributed by atoms with van der Waals surface area (Å²) in [6.45, 7) is 8.53. The van der Waals surface area contributed by atoms with Crippen LogP contribution >= 0.6 is 0 Å². The molecule has 0 aliphatic carbocycles. The standard InChI is InChI=1S/C9H17N3O/c1-3-11-9(13-2)8-12-6-4-10-5-7-12/h3,10H,1,4-8H2,2H3. The van der Waals surface area contributed by atoms with Gasteiger partial charge in [0.25, 0.3) is 0 Å². The predicted octanol–water partition coefficient (Wildman–Crippen LogP) is 0.0800. The molecule has 4 heteroatoms. The lowest BCUT2D eigenvalue weighted by atomic mass is 10.3. The minimum absolute atomic E-state index is 0.733. The second-order valence-corrected chi connectivity index (χ2v) is 2.94. The number of rotatable bonds is 3. The average Bonchev–Trinajstić information content (AvgIpc) is 2.19. The van der Waals surface area contributed by atoms with Crippen LogP contribution in [-0.2, 0) is 4.74 Å². The van der Waals surface area contributed by atoms with Crippen molar-refractivity contribution < 1.29 is 4.74 Å². The van der Waals surface area contributed by atoms with Gasteiger partial charge in [-0.15, -0.1) is 0 Å². The molecule has 0 atom stereocenters. The van der Waals surface area contributed by atoms with Crippen molar-refractivity contribution in [1.29, 1.82) is 0 Å². The average molecular weight is 183 g/mol. The van der Waals surface area contributed by atoms with Crippen molar-refractivity contribution >= 4 is 5.90 Å². The Morgan fingerprint density at radius 3 is 2.85 bits per heavy atom. The van der Waals surface area contributed by atoms with Crippen LogP contribution in [0.3, 0.4) is 0 Å². The number of nitrogens with one attached hydrogen (secondary N) is 1. The molecule has 0 radical (unpaired) electrons. The van der Waals surface area contributed by atoms with Gasteiger partial charge in [0.05, 0.1) is 13.7 Å². The maximum Gasteiger partial charge on any atom is 0.202 e. The minimum Gasteiger partial charge on any atom is -0.483 e. The van der Waals surface area contributed by atoms with Crippen molar-refractivity contribution in [3.8, 4) is 0 Å². The van der Waals surface area contributed by atoms with Gasteiger partial charge in [-0.1, -0.05) is 6.58 Å². The SMILES string of the molecule is C=CN=C(CN1CCNCC1)OC. The molecule has 0 aromatic carbocycles. The van der Waals surface area contributed by atoms with Crippen molar-refractivity contribution in [1.82, 2.24) is 10.2 Å². The highest BCUT2D eigenvalue weighted by Crippen LogP contribution is 1.94. The fourth-order valence-electron chi connectivity index (χ4n) is 1.32. The summed E-state index contributed by atoms with van der Waals surface area (Å²) in [6.07, 6.45) is 1.51. The van der Waals surface area contributed by atoms with Crippen LogP contribution in [0, 0.1) is 0 Å². The van der Waals surface area contributed by atoms with E-state index < -0.39 is 0 Å². The molecule has 0 saturated carbocycles. The third kappa shape index (κ3) is 3.57. The Kier molecular flexibility index (Phi) is 4.49. The maximum atomic E-state index is 5.11. The molecule has 1 N–H and O–H groups in total. The van der Waals surface area contributed by atoms with Gasteiger partial charge in [-0.2, -0.15) is 0 Å². The first-order valence-corrected chi connectivity index (χ1v) is 4.51. The molecule has 0 amide bonds. The van der Waals surface area contributed by atoms with E-state index in [9.17, 15) is 0 Å². The third-order valence-corrected chi connectivity index (χ3v) is 2.04. The Bertz CT molecular complexity index is 185. The Morgan fingerprint density at radius 2 is 2.31 bits per heavy atom. The largest absolute Gasteiger partial charge is 0.483 e. The molecule has 13 heavy (non-hydrogen) atoms. The summed E-state index contributed by atoms with van der Waals surface area (Å²) in [5.74, 6) is 0.733. The van der Waals surface area contributed by atoms with E-state index in [2.05, 4.69) is 21.8 Å². The maximum absolute atomic E-state index is 5.11. The summed E-state index contributed by atoms with van der Waals surface area (Å²) in [5, 5.41) is 3.30. The minimum atomic E-state index is 0.733. The van der Waals surface area contributed by atoms with Crippen molar-refractivity contribution in [2.24, 2.45) is 4.99 Å². The smallest absolute Gasteiger partial charge is 0.202 e. The first kappa shape index (κ1) is 10.2. The van der Waals surface area contributed by atoms with E-state index in [1.165, 1.54) is 6.20 Å². The van der Waals surface area contributed by atoms with Gasteiger partial charge in [0.2, 0.25) is 5.90 Å². The second-order valence-electron chi connectivity index (χ2n) is 2.94. The quantitative estimate of drug-likeness (QED) is 0.497. The van der Waals surface area contributed by atoms with Crippen LogP contribution in [0.1, 0.15) is 0 Å². The highest BCUT2D eigenvalue weighted by molar-refractivity contribution is 5.78. The van der Waals surface area contributed by atoms with E-state index in [4.69, 9.17) is 4.74 Å². The highest BCUT2D eigenvalue weighted by Gasteiger charge is 2.11. The number of aliphatic imine (C=N–C) groups is 1. The van der Waals surface area contributed by atoms with Gasteiger partial charge in [-0.3, -0.25) is 4.90 Å². The van der Waals surface area contributed by atoms with Gasteiger partial charge in [-0.05, 0) is 0 Å². The van der Waals surface area contributed by atoms with Gasteiger partial charge in [-0.25, -0.2) is 4.99 Å². The summed E-state index contributed by atoms with van der Waals surface area (Å²) >= 11 is 0. The molecule has 1 fully saturated rings. The zero-order valence-corrected chi connectivity index (χ0v) is 8.12. The normalized spacial score (nSPS) is 19.9. The fourth-order valence-corrected chi connectivity index (χ4v) is 1.32. The molecule has 0 bridgehead atoms. The lowest BCUT2D eigenvalue weighted by Gasteiger charge is -2.26. The molecular weight excluding hydrogens is 166 g/mol. The molecule has 0 spiro atoms. The summed E-state index contributed by atoms with van der Waals surface area (Å²) in [7, 11) is 1.64. The monoisotopic (exact) mass is 183 g/mol. The van der Waals surface area contributed by atoms with E-state index in [-0.39, 0.29) is 0 Å². The van der Waals surface area contributed by atoms with Crippen LogP contribution in [0.25, 0.3) is 0 Å².